The Hall–Kier alpha value is -1.39. The minimum absolute atomic E-state index is 0.216. The van der Waals surface area contributed by atoms with E-state index < -0.39 is 12.2 Å². The van der Waals surface area contributed by atoms with Crippen molar-refractivity contribution in [3.8, 4) is 0 Å². The molecule has 0 aliphatic heterocycles. The van der Waals surface area contributed by atoms with Crippen LogP contribution in [0.2, 0.25) is 0 Å². The van der Waals surface area contributed by atoms with E-state index in [1.54, 1.807) is 6.08 Å². The minimum atomic E-state index is -0.947. The second-order valence-corrected chi connectivity index (χ2v) is 2.99. The van der Waals surface area contributed by atoms with Crippen LogP contribution in [0.15, 0.2) is 23.0 Å². The molecule has 1 heterocycles. The number of pyridine rings is 1. The average molecular weight is 179 g/mol. The lowest BCUT2D eigenvalue weighted by Gasteiger charge is -2.20. The van der Waals surface area contributed by atoms with Crippen molar-refractivity contribution in [3.05, 3.63) is 39.8 Å². The van der Waals surface area contributed by atoms with Crippen molar-refractivity contribution < 1.29 is 10.2 Å². The quantitative estimate of drug-likeness (QED) is 0.516. The molecule has 0 amide bonds. The van der Waals surface area contributed by atoms with Crippen molar-refractivity contribution in [2.75, 3.05) is 0 Å². The van der Waals surface area contributed by atoms with E-state index in [1.165, 1.54) is 18.2 Å². The van der Waals surface area contributed by atoms with Gasteiger partial charge in [0.1, 0.15) is 12.2 Å². The Bertz CT molecular complexity index is 408. The van der Waals surface area contributed by atoms with Crippen molar-refractivity contribution in [1.82, 2.24) is 4.98 Å². The van der Waals surface area contributed by atoms with Crippen LogP contribution in [0, 0.1) is 0 Å². The molecule has 0 saturated carbocycles. The number of hydrogen-bond acceptors (Lipinski definition) is 3. The van der Waals surface area contributed by atoms with Crippen molar-refractivity contribution >= 4 is 6.08 Å². The van der Waals surface area contributed by atoms with Crippen molar-refractivity contribution in [3.63, 3.8) is 0 Å². The summed E-state index contributed by atoms with van der Waals surface area (Å²) in [4.78, 5) is 13.5. The molecule has 1 aliphatic carbocycles. The van der Waals surface area contributed by atoms with Gasteiger partial charge in [0.25, 0.3) is 0 Å². The molecular formula is C9H9NO3. The number of H-pyrrole nitrogens is 1. The van der Waals surface area contributed by atoms with Gasteiger partial charge in [0.2, 0.25) is 5.56 Å². The lowest BCUT2D eigenvalue weighted by atomic mass is 9.97. The number of aliphatic hydroxyl groups is 2. The third-order valence-corrected chi connectivity index (χ3v) is 2.09. The first-order valence-electron chi connectivity index (χ1n) is 3.96. The highest BCUT2D eigenvalue weighted by atomic mass is 16.3. The monoisotopic (exact) mass is 179 g/mol. The van der Waals surface area contributed by atoms with Crippen molar-refractivity contribution in [1.29, 1.82) is 0 Å². The van der Waals surface area contributed by atoms with Gasteiger partial charge in [-0.1, -0.05) is 6.08 Å². The average Bonchev–Trinajstić information content (AvgIpc) is 2.12. The largest absolute Gasteiger partial charge is 0.386 e. The molecule has 0 spiro atoms. The molecule has 4 nitrogen and oxygen atoms in total. The van der Waals surface area contributed by atoms with E-state index >= 15 is 0 Å². The van der Waals surface area contributed by atoms with E-state index in [-0.39, 0.29) is 5.56 Å². The Balaban J connectivity index is 2.59. The molecule has 0 fully saturated rings. The highest BCUT2D eigenvalue weighted by molar-refractivity contribution is 5.54. The van der Waals surface area contributed by atoms with E-state index in [0.717, 1.165) is 0 Å². The van der Waals surface area contributed by atoms with Gasteiger partial charge in [-0.25, -0.2) is 0 Å². The van der Waals surface area contributed by atoms with E-state index in [4.69, 9.17) is 0 Å². The number of nitrogens with one attached hydrogen (secondary N) is 1. The minimum Gasteiger partial charge on any atom is -0.386 e. The van der Waals surface area contributed by atoms with Gasteiger partial charge in [-0.2, -0.15) is 0 Å². The fourth-order valence-electron chi connectivity index (χ4n) is 1.38. The summed E-state index contributed by atoms with van der Waals surface area (Å²) in [5, 5.41) is 18.8. The van der Waals surface area contributed by atoms with E-state index in [0.29, 0.717) is 11.3 Å². The second kappa shape index (κ2) is 2.83. The number of fused-ring (bicyclic) bond motifs is 1. The molecule has 4 heteroatoms. The Morgan fingerprint density at radius 1 is 1.31 bits per heavy atom. The molecular weight excluding hydrogens is 170 g/mol. The highest BCUT2D eigenvalue weighted by Gasteiger charge is 2.22. The summed E-state index contributed by atoms with van der Waals surface area (Å²) in [6.07, 6.45) is 1.20. The predicted molar refractivity (Wildman–Crippen MR) is 47.1 cm³/mol. The van der Waals surface area contributed by atoms with Crippen LogP contribution in [0.4, 0.5) is 0 Å². The maximum atomic E-state index is 10.9. The zero-order valence-corrected chi connectivity index (χ0v) is 6.77. The van der Waals surface area contributed by atoms with Gasteiger partial charge in [-0.05, 0) is 12.1 Å². The number of aliphatic hydroxyl groups excluding tert-OH is 2. The van der Waals surface area contributed by atoms with Gasteiger partial charge < -0.3 is 15.2 Å². The summed E-state index contributed by atoms with van der Waals surface area (Å²) in [6.45, 7) is 0. The van der Waals surface area contributed by atoms with Crippen molar-refractivity contribution in [2.24, 2.45) is 0 Å². The number of aromatic nitrogens is 1. The predicted octanol–water partition coefficient (Wildman–Crippen LogP) is -0.204. The maximum Gasteiger partial charge on any atom is 0.248 e. The van der Waals surface area contributed by atoms with Crippen LogP contribution in [-0.2, 0) is 0 Å². The zero-order valence-electron chi connectivity index (χ0n) is 6.77. The Morgan fingerprint density at radius 2 is 2.08 bits per heavy atom. The van der Waals surface area contributed by atoms with Gasteiger partial charge in [-0.15, -0.1) is 0 Å². The van der Waals surface area contributed by atoms with Crippen LogP contribution in [0.25, 0.3) is 6.08 Å². The van der Waals surface area contributed by atoms with E-state index in [9.17, 15) is 15.0 Å². The molecule has 1 aromatic heterocycles. The van der Waals surface area contributed by atoms with Crippen LogP contribution < -0.4 is 5.56 Å². The topological polar surface area (TPSA) is 73.3 Å². The van der Waals surface area contributed by atoms with Crippen LogP contribution in [-0.4, -0.2) is 21.3 Å². The van der Waals surface area contributed by atoms with Gasteiger partial charge in [0, 0.05) is 17.3 Å². The van der Waals surface area contributed by atoms with Gasteiger partial charge in [-0.3, -0.25) is 4.79 Å². The smallest absolute Gasteiger partial charge is 0.248 e. The van der Waals surface area contributed by atoms with Crippen LogP contribution in [0.5, 0.6) is 0 Å². The molecule has 2 rings (SSSR count). The fourth-order valence-corrected chi connectivity index (χ4v) is 1.38. The highest BCUT2D eigenvalue weighted by Crippen LogP contribution is 2.25. The zero-order chi connectivity index (χ0) is 9.42. The summed E-state index contributed by atoms with van der Waals surface area (Å²) in [5.41, 5.74) is 0.895. The molecule has 0 saturated heterocycles. The van der Waals surface area contributed by atoms with Gasteiger partial charge in [0.05, 0.1) is 0 Å². The standard InChI is InChI=1S/C9H9NO3/c11-7-3-2-6-5(9(7)13)1-4-8(12)10-6/h1-4,7,9,11,13H,(H,10,12). The third-order valence-electron chi connectivity index (χ3n) is 2.09. The third kappa shape index (κ3) is 1.30. The number of hydrogen-bond donors (Lipinski definition) is 3. The summed E-state index contributed by atoms with van der Waals surface area (Å²) < 4.78 is 0. The van der Waals surface area contributed by atoms with Gasteiger partial charge >= 0.3 is 0 Å². The molecule has 3 N–H and O–H groups in total. The molecule has 2 unspecified atom stereocenters. The van der Waals surface area contributed by atoms with E-state index in [2.05, 4.69) is 4.98 Å². The SMILES string of the molecule is O=c1ccc2c([nH]1)C=CC(O)C2O. The van der Waals surface area contributed by atoms with Crippen molar-refractivity contribution in [2.45, 2.75) is 12.2 Å². The summed E-state index contributed by atoms with van der Waals surface area (Å²) in [5.74, 6) is 0. The fraction of sp³-hybridized carbons (Fsp3) is 0.222. The molecule has 0 bridgehead atoms. The molecule has 1 aromatic rings. The number of aromatic amines is 1. The summed E-state index contributed by atoms with van der Waals surface area (Å²) >= 11 is 0. The Kier molecular flexibility index (Phi) is 1.79. The normalized spacial score (nSPS) is 25.7. The first-order valence-corrected chi connectivity index (χ1v) is 3.96. The first kappa shape index (κ1) is 8.22. The second-order valence-electron chi connectivity index (χ2n) is 2.99. The molecule has 0 radical (unpaired) electrons. The van der Waals surface area contributed by atoms with Crippen LogP contribution in [0.3, 0.4) is 0 Å². The lowest BCUT2D eigenvalue weighted by Crippen LogP contribution is -2.22. The molecule has 1 aliphatic rings. The maximum absolute atomic E-state index is 10.9. The first-order chi connectivity index (χ1) is 6.18. The summed E-state index contributed by atoms with van der Waals surface area (Å²) in [7, 11) is 0. The molecule has 13 heavy (non-hydrogen) atoms. The summed E-state index contributed by atoms with van der Waals surface area (Å²) in [6, 6.07) is 2.85. The van der Waals surface area contributed by atoms with Crippen LogP contribution >= 0.6 is 0 Å². The van der Waals surface area contributed by atoms with Crippen LogP contribution in [0.1, 0.15) is 17.4 Å². The molecule has 0 aromatic carbocycles. The molecule has 2 atom stereocenters. The Labute approximate surface area is 74.2 Å². The number of rotatable bonds is 0. The van der Waals surface area contributed by atoms with E-state index in [1.807, 2.05) is 0 Å². The lowest BCUT2D eigenvalue weighted by molar-refractivity contribution is 0.0466. The molecule has 68 valence electrons. The van der Waals surface area contributed by atoms with Gasteiger partial charge in [0.15, 0.2) is 0 Å². The Morgan fingerprint density at radius 3 is 2.85 bits per heavy atom.